The van der Waals surface area contributed by atoms with Crippen LogP contribution in [0.3, 0.4) is 0 Å². The van der Waals surface area contributed by atoms with Gasteiger partial charge in [0.1, 0.15) is 17.7 Å². The number of anilines is 1. The Bertz CT molecular complexity index is 1020. The van der Waals surface area contributed by atoms with Gasteiger partial charge in [0.2, 0.25) is 0 Å². The van der Waals surface area contributed by atoms with Crippen LogP contribution in [0.15, 0.2) is 83.9 Å². The SMILES string of the molecule is O=C1NC(=NCc2ccccc2)C(c2ccccc2)N1c1ccc(F)c(Cl)c1. The molecule has 3 aromatic carbocycles. The second-order valence-corrected chi connectivity index (χ2v) is 6.81. The molecule has 1 aliphatic rings. The fraction of sp³-hybridized carbons (Fsp3) is 0.0909. The maximum absolute atomic E-state index is 13.6. The Morgan fingerprint density at radius 3 is 2.36 bits per heavy atom. The zero-order valence-electron chi connectivity index (χ0n) is 14.8. The van der Waals surface area contributed by atoms with Crippen molar-refractivity contribution in [1.82, 2.24) is 5.32 Å². The quantitative estimate of drug-likeness (QED) is 0.638. The summed E-state index contributed by atoms with van der Waals surface area (Å²) < 4.78 is 13.6. The number of hydrogen-bond donors (Lipinski definition) is 1. The fourth-order valence-electron chi connectivity index (χ4n) is 3.21. The first-order valence-corrected chi connectivity index (χ1v) is 9.20. The van der Waals surface area contributed by atoms with Gasteiger partial charge in [-0.05, 0) is 29.3 Å². The van der Waals surface area contributed by atoms with Gasteiger partial charge >= 0.3 is 6.03 Å². The molecular weight excluding hydrogens is 377 g/mol. The number of carbonyl (C=O) groups excluding carboxylic acids is 1. The van der Waals surface area contributed by atoms with Crippen LogP contribution in [0, 0.1) is 5.82 Å². The lowest BCUT2D eigenvalue weighted by atomic mass is 10.0. The van der Waals surface area contributed by atoms with Crippen LogP contribution in [0.4, 0.5) is 14.9 Å². The highest BCUT2D eigenvalue weighted by atomic mass is 35.5. The van der Waals surface area contributed by atoms with Crippen molar-refractivity contribution in [3.63, 3.8) is 0 Å². The molecule has 3 aromatic rings. The van der Waals surface area contributed by atoms with E-state index in [1.807, 2.05) is 60.7 Å². The third-order valence-corrected chi connectivity index (χ3v) is 4.83. The smallest absolute Gasteiger partial charge is 0.294 e. The predicted octanol–water partition coefficient (Wildman–Crippen LogP) is 5.35. The van der Waals surface area contributed by atoms with Crippen LogP contribution in [0.1, 0.15) is 17.2 Å². The summed E-state index contributed by atoms with van der Waals surface area (Å²) in [5, 5.41) is 2.82. The van der Waals surface area contributed by atoms with Gasteiger partial charge in [-0.2, -0.15) is 0 Å². The van der Waals surface area contributed by atoms with Crippen molar-refractivity contribution in [1.29, 1.82) is 0 Å². The zero-order valence-corrected chi connectivity index (χ0v) is 15.6. The monoisotopic (exact) mass is 393 g/mol. The van der Waals surface area contributed by atoms with Crippen LogP contribution in [-0.2, 0) is 6.54 Å². The summed E-state index contributed by atoms with van der Waals surface area (Å²) in [6.07, 6.45) is 0. The lowest BCUT2D eigenvalue weighted by molar-refractivity contribution is 0.252. The normalized spacial score (nSPS) is 17.8. The van der Waals surface area contributed by atoms with Crippen LogP contribution in [-0.4, -0.2) is 11.9 Å². The first kappa shape index (κ1) is 18.2. The molecule has 0 aliphatic carbocycles. The van der Waals surface area contributed by atoms with E-state index in [0.29, 0.717) is 18.1 Å². The van der Waals surface area contributed by atoms with Gasteiger partial charge in [0.25, 0.3) is 0 Å². The summed E-state index contributed by atoms with van der Waals surface area (Å²) in [6.45, 7) is 0.442. The third kappa shape index (κ3) is 3.62. The lowest BCUT2D eigenvalue weighted by Crippen LogP contribution is -2.29. The van der Waals surface area contributed by atoms with Gasteiger partial charge < -0.3 is 0 Å². The first-order valence-electron chi connectivity index (χ1n) is 8.82. The van der Waals surface area contributed by atoms with E-state index in [0.717, 1.165) is 11.1 Å². The van der Waals surface area contributed by atoms with E-state index in [2.05, 4.69) is 10.3 Å². The summed E-state index contributed by atoms with van der Waals surface area (Å²) in [5.74, 6) is 0.0137. The van der Waals surface area contributed by atoms with E-state index in [4.69, 9.17) is 11.6 Å². The van der Waals surface area contributed by atoms with Crippen molar-refractivity contribution in [2.24, 2.45) is 4.99 Å². The second kappa shape index (κ2) is 7.82. The minimum atomic E-state index is -0.528. The van der Waals surface area contributed by atoms with Crippen LogP contribution in [0.25, 0.3) is 0 Å². The molecule has 0 radical (unpaired) electrons. The highest BCUT2D eigenvalue weighted by Crippen LogP contribution is 2.34. The topological polar surface area (TPSA) is 44.7 Å². The van der Waals surface area contributed by atoms with Crippen LogP contribution in [0.2, 0.25) is 5.02 Å². The highest BCUT2D eigenvalue weighted by Gasteiger charge is 2.38. The molecule has 140 valence electrons. The number of amidine groups is 1. The summed E-state index contributed by atoms with van der Waals surface area (Å²) >= 11 is 5.95. The maximum atomic E-state index is 13.6. The number of hydrogen-bond acceptors (Lipinski definition) is 2. The van der Waals surface area contributed by atoms with Gasteiger partial charge in [-0.15, -0.1) is 0 Å². The number of aliphatic imine (C=N–C) groups is 1. The number of carbonyl (C=O) groups is 1. The Hall–Kier alpha value is -3.18. The molecule has 0 bridgehead atoms. The molecule has 1 aliphatic heterocycles. The molecule has 4 nitrogen and oxygen atoms in total. The maximum Gasteiger partial charge on any atom is 0.328 e. The minimum absolute atomic E-state index is 0.0354. The Morgan fingerprint density at radius 2 is 1.68 bits per heavy atom. The fourth-order valence-corrected chi connectivity index (χ4v) is 3.38. The van der Waals surface area contributed by atoms with Gasteiger partial charge in [-0.25, -0.2) is 9.18 Å². The summed E-state index contributed by atoms with van der Waals surface area (Å²) in [5.41, 5.74) is 2.44. The Kier molecular flexibility index (Phi) is 5.08. The average Bonchev–Trinajstić information content (AvgIpc) is 3.06. The number of nitrogens with zero attached hydrogens (tertiary/aromatic N) is 2. The van der Waals surface area contributed by atoms with E-state index in [1.165, 1.54) is 18.2 Å². The number of urea groups is 1. The molecule has 0 aromatic heterocycles. The first-order chi connectivity index (χ1) is 13.6. The molecule has 1 heterocycles. The number of rotatable bonds is 4. The van der Waals surface area contributed by atoms with Crippen LogP contribution in [0.5, 0.6) is 0 Å². The lowest BCUT2D eigenvalue weighted by Gasteiger charge is -2.23. The van der Waals surface area contributed by atoms with Gasteiger partial charge in [-0.3, -0.25) is 15.2 Å². The predicted molar refractivity (Wildman–Crippen MR) is 109 cm³/mol. The summed E-state index contributed by atoms with van der Waals surface area (Å²) in [6, 6.07) is 22.9. The summed E-state index contributed by atoms with van der Waals surface area (Å²) in [4.78, 5) is 19.0. The molecule has 1 saturated heterocycles. The standard InChI is InChI=1S/C22H17ClFN3O/c23-18-13-17(11-12-19(18)24)27-20(16-9-5-2-6-10-16)21(26-22(27)28)25-14-15-7-3-1-4-8-15/h1-13,20H,14H2,(H,25,26,28). The van der Waals surface area contributed by atoms with Crippen LogP contribution < -0.4 is 10.2 Å². The summed E-state index contributed by atoms with van der Waals surface area (Å²) in [7, 11) is 0. The molecule has 28 heavy (non-hydrogen) atoms. The van der Waals surface area contributed by atoms with Crippen molar-refractivity contribution >= 4 is 29.2 Å². The zero-order chi connectivity index (χ0) is 19.5. The molecular formula is C22H17ClFN3O. The molecule has 6 heteroatoms. The average molecular weight is 394 g/mol. The molecule has 1 atom stereocenters. The number of halogens is 2. The Balaban J connectivity index is 1.75. The number of nitrogens with one attached hydrogen (secondary N) is 1. The molecule has 4 rings (SSSR count). The van der Waals surface area contributed by atoms with Gasteiger partial charge in [-0.1, -0.05) is 72.3 Å². The van der Waals surface area contributed by atoms with E-state index in [-0.39, 0.29) is 11.1 Å². The van der Waals surface area contributed by atoms with Crippen LogP contribution >= 0.6 is 11.6 Å². The molecule has 1 N–H and O–H groups in total. The highest BCUT2D eigenvalue weighted by molar-refractivity contribution is 6.31. The molecule has 1 fully saturated rings. The molecule has 1 unspecified atom stereocenters. The van der Waals surface area contributed by atoms with E-state index in [9.17, 15) is 9.18 Å². The Morgan fingerprint density at radius 1 is 1.00 bits per heavy atom. The second-order valence-electron chi connectivity index (χ2n) is 6.40. The van der Waals surface area contributed by atoms with Crippen molar-refractivity contribution < 1.29 is 9.18 Å². The van der Waals surface area contributed by atoms with Crippen molar-refractivity contribution in [3.05, 3.63) is 101 Å². The van der Waals surface area contributed by atoms with Crippen molar-refractivity contribution in [3.8, 4) is 0 Å². The van der Waals surface area contributed by atoms with E-state index in [1.54, 1.807) is 4.90 Å². The van der Waals surface area contributed by atoms with Gasteiger partial charge in [0.15, 0.2) is 0 Å². The molecule has 0 saturated carbocycles. The number of benzene rings is 3. The van der Waals surface area contributed by atoms with E-state index >= 15 is 0 Å². The van der Waals surface area contributed by atoms with E-state index < -0.39 is 11.9 Å². The molecule has 0 spiro atoms. The Labute approximate surface area is 167 Å². The molecule has 2 amide bonds. The van der Waals surface area contributed by atoms with Gasteiger partial charge in [0, 0.05) is 5.69 Å². The van der Waals surface area contributed by atoms with Crippen molar-refractivity contribution in [2.45, 2.75) is 12.6 Å². The third-order valence-electron chi connectivity index (χ3n) is 4.54. The minimum Gasteiger partial charge on any atom is -0.294 e. The van der Waals surface area contributed by atoms with Crippen molar-refractivity contribution in [2.75, 3.05) is 4.90 Å². The number of amides is 2. The van der Waals surface area contributed by atoms with Gasteiger partial charge in [0.05, 0.1) is 11.6 Å². The largest absolute Gasteiger partial charge is 0.328 e.